The van der Waals surface area contributed by atoms with Crippen molar-refractivity contribution in [3.8, 4) is 0 Å². The Bertz CT molecular complexity index is 543. The molecular weight excluding hydrogens is 294 g/mol. The molecule has 0 amide bonds. The second-order valence-electron chi connectivity index (χ2n) is 3.93. The molecule has 20 heavy (non-hydrogen) atoms. The van der Waals surface area contributed by atoms with Crippen LogP contribution < -0.4 is 5.73 Å². The summed E-state index contributed by atoms with van der Waals surface area (Å²) in [6.07, 6.45) is 0. The SMILES string of the molecule is COCCN(CCO)S(=O)(=O)c1c(F)cc(N)cc1F. The number of rotatable bonds is 7. The van der Waals surface area contributed by atoms with E-state index in [1.54, 1.807) is 0 Å². The Kier molecular flexibility index (Phi) is 5.81. The van der Waals surface area contributed by atoms with Gasteiger partial charge in [0.05, 0.1) is 13.2 Å². The van der Waals surface area contributed by atoms with Gasteiger partial charge < -0.3 is 15.6 Å². The summed E-state index contributed by atoms with van der Waals surface area (Å²) >= 11 is 0. The average Bonchev–Trinajstić information content (AvgIpc) is 2.32. The molecule has 9 heteroatoms. The van der Waals surface area contributed by atoms with Crippen LogP contribution in [0.1, 0.15) is 0 Å². The van der Waals surface area contributed by atoms with E-state index in [-0.39, 0.29) is 25.4 Å². The van der Waals surface area contributed by atoms with Gasteiger partial charge in [-0.25, -0.2) is 17.2 Å². The number of aliphatic hydroxyl groups excluding tert-OH is 1. The van der Waals surface area contributed by atoms with Gasteiger partial charge >= 0.3 is 0 Å². The molecule has 0 saturated carbocycles. The number of nitrogens with two attached hydrogens (primary N) is 1. The first-order chi connectivity index (χ1) is 9.34. The van der Waals surface area contributed by atoms with Crippen LogP contribution in [-0.4, -0.2) is 51.2 Å². The predicted octanol–water partition coefficient (Wildman–Crippen LogP) is 0.176. The van der Waals surface area contributed by atoms with E-state index in [1.165, 1.54) is 7.11 Å². The first-order valence-corrected chi connectivity index (χ1v) is 7.13. The van der Waals surface area contributed by atoms with Gasteiger partial charge in [0.15, 0.2) is 4.90 Å². The maximum Gasteiger partial charge on any atom is 0.249 e. The topological polar surface area (TPSA) is 92.9 Å². The summed E-state index contributed by atoms with van der Waals surface area (Å²) in [6, 6.07) is 1.45. The Morgan fingerprint density at radius 3 is 2.30 bits per heavy atom. The molecule has 0 heterocycles. The van der Waals surface area contributed by atoms with Gasteiger partial charge in [0.1, 0.15) is 11.6 Å². The number of anilines is 1. The number of methoxy groups -OCH3 is 1. The molecular formula is C11H16F2N2O4S. The molecule has 114 valence electrons. The van der Waals surface area contributed by atoms with Gasteiger partial charge in [-0.1, -0.05) is 0 Å². The molecule has 0 saturated heterocycles. The lowest BCUT2D eigenvalue weighted by Crippen LogP contribution is -2.37. The maximum atomic E-state index is 13.7. The molecule has 0 aliphatic heterocycles. The summed E-state index contributed by atoms with van der Waals surface area (Å²) in [7, 11) is -3.07. The largest absolute Gasteiger partial charge is 0.399 e. The van der Waals surface area contributed by atoms with Crippen molar-refractivity contribution in [3.63, 3.8) is 0 Å². The number of nitrogens with zero attached hydrogens (tertiary/aromatic N) is 1. The monoisotopic (exact) mass is 310 g/mol. The number of hydrogen-bond acceptors (Lipinski definition) is 5. The lowest BCUT2D eigenvalue weighted by atomic mass is 10.3. The van der Waals surface area contributed by atoms with Crippen molar-refractivity contribution in [1.82, 2.24) is 4.31 Å². The molecule has 0 aromatic heterocycles. The van der Waals surface area contributed by atoms with Crippen LogP contribution in [0.3, 0.4) is 0 Å². The van der Waals surface area contributed by atoms with Crippen LogP contribution in [-0.2, 0) is 14.8 Å². The average molecular weight is 310 g/mol. The summed E-state index contributed by atoms with van der Waals surface area (Å²) < 4.78 is 57.3. The summed E-state index contributed by atoms with van der Waals surface area (Å²) in [5, 5.41) is 8.87. The van der Waals surface area contributed by atoms with Gasteiger partial charge in [-0.15, -0.1) is 0 Å². The minimum Gasteiger partial charge on any atom is -0.399 e. The van der Waals surface area contributed by atoms with E-state index in [2.05, 4.69) is 0 Å². The fraction of sp³-hybridized carbons (Fsp3) is 0.455. The Labute approximate surface area is 115 Å². The lowest BCUT2D eigenvalue weighted by molar-refractivity contribution is 0.168. The highest BCUT2D eigenvalue weighted by atomic mass is 32.2. The zero-order valence-electron chi connectivity index (χ0n) is 10.8. The molecule has 0 aliphatic rings. The molecule has 0 aliphatic carbocycles. The van der Waals surface area contributed by atoms with Crippen molar-refractivity contribution in [2.24, 2.45) is 0 Å². The number of sulfonamides is 1. The summed E-state index contributed by atoms with van der Waals surface area (Å²) in [6.45, 7) is -0.893. The fourth-order valence-electron chi connectivity index (χ4n) is 1.61. The number of benzene rings is 1. The third kappa shape index (κ3) is 3.63. The molecule has 0 radical (unpaired) electrons. The highest BCUT2D eigenvalue weighted by molar-refractivity contribution is 7.89. The third-order valence-corrected chi connectivity index (χ3v) is 4.46. The van der Waals surface area contributed by atoms with Crippen LogP contribution >= 0.6 is 0 Å². The van der Waals surface area contributed by atoms with E-state index in [0.717, 1.165) is 16.4 Å². The second kappa shape index (κ2) is 6.93. The summed E-state index contributed by atoms with van der Waals surface area (Å²) in [4.78, 5) is -1.09. The Morgan fingerprint density at radius 2 is 1.85 bits per heavy atom. The lowest BCUT2D eigenvalue weighted by Gasteiger charge is -2.21. The van der Waals surface area contributed by atoms with Gasteiger partial charge in [0.2, 0.25) is 10.0 Å². The van der Waals surface area contributed by atoms with Gasteiger partial charge in [-0.3, -0.25) is 0 Å². The Balaban J connectivity index is 3.26. The summed E-state index contributed by atoms with van der Waals surface area (Å²) in [5.41, 5.74) is 5.02. The fourth-order valence-corrected chi connectivity index (χ4v) is 3.12. The van der Waals surface area contributed by atoms with Gasteiger partial charge in [-0.05, 0) is 12.1 Å². The zero-order chi connectivity index (χ0) is 15.3. The standard InChI is InChI=1S/C11H16F2N2O4S/c1-19-5-3-15(2-4-16)20(17,18)11-9(12)6-8(14)7-10(11)13/h6-7,16H,2-5,14H2,1H3. The minimum absolute atomic E-state index is 0.0252. The number of halogens is 2. The molecule has 1 aromatic rings. The van der Waals surface area contributed by atoms with E-state index in [9.17, 15) is 17.2 Å². The van der Waals surface area contributed by atoms with Crippen molar-refractivity contribution < 1.29 is 27.0 Å². The number of nitrogen functional groups attached to an aromatic ring is 1. The van der Waals surface area contributed by atoms with Crippen LogP contribution in [0.25, 0.3) is 0 Å². The number of aliphatic hydroxyl groups is 1. The van der Waals surface area contributed by atoms with Gasteiger partial charge in [0, 0.05) is 25.9 Å². The van der Waals surface area contributed by atoms with E-state index in [4.69, 9.17) is 15.6 Å². The van der Waals surface area contributed by atoms with Crippen LogP contribution in [0.2, 0.25) is 0 Å². The van der Waals surface area contributed by atoms with Crippen LogP contribution in [0.15, 0.2) is 17.0 Å². The first-order valence-electron chi connectivity index (χ1n) is 5.69. The molecule has 0 bridgehead atoms. The van der Waals surface area contributed by atoms with Gasteiger partial charge in [0.25, 0.3) is 0 Å². The van der Waals surface area contributed by atoms with Crippen molar-refractivity contribution in [2.45, 2.75) is 4.90 Å². The molecule has 0 fully saturated rings. The van der Waals surface area contributed by atoms with E-state index < -0.39 is 33.2 Å². The van der Waals surface area contributed by atoms with Crippen molar-refractivity contribution in [3.05, 3.63) is 23.8 Å². The molecule has 1 aromatic carbocycles. The maximum absolute atomic E-state index is 13.7. The molecule has 0 unspecified atom stereocenters. The first kappa shape index (κ1) is 16.8. The van der Waals surface area contributed by atoms with Crippen LogP contribution in [0.5, 0.6) is 0 Å². The van der Waals surface area contributed by atoms with E-state index >= 15 is 0 Å². The quantitative estimate of drug-likeness (QED) is 0.701. The molecule has 1 rings (SSSR count). The summed E-state index contributed by atoms with van der Waals surface area (Å²) in [5.74, 6) is -2.55. The van der Waals surface area contributed by atoms with Gasteiger partial charge in [-0.2, -0.15) is 4.31 Å². The molecule has 0 atom stereocenters. The van der Waals surface area contributed by atoms with Crippen molar-refractivity contribution >= 4 is 15.7 Å². The number of ether oxygens (including phenoxy) is 1. The number of hydrogen-bond donors (Lipinski definition) is 2. The normalized spacial score (nSPS) is 12.1. The zero-order valence-corrected chi connectivity index (χ0v) is 11.7. The smallest absolute Gasteiger partial charge is 0.249 e. The Morgan fingerprint density at radius 1 is 1.30 bits per heavy atom. The van der Waals surface area contributed by atoms with E-state index in [0.29, 0.717) is 0 Å². The van der Waals surface area contributed by atoms with Crippen molar-refractivity contribution in [1.29, 1.82) is 0 Å². The highest BCUT2D eigenvalue weighted by Gasteiger charge is 2.30. The second-order valence-corrected chi connectivity index (χ2v) is 5.81. The van der Waals surface area contributed by atoms with Crippen LogP contribution in [0, 0.1) is 11.6 Å². The minimum atomic E-state index is -4.43. The van der Waals surface area contributed by atoms with E-state index in [1.807, 2.05) is 0 Å². The molecule has 0 spiro atoms. The third-order valence-electron chi connectivity index (χ3n) is 2.51. The molecule has 6 nitrogen and oxygen atoms in total. The van der Waals surface area contributed by atoms with Crippen LogP contribution in [0.4, 0.5) is 14.5 Å². The highest BCUT2D eigenvalue weighted by Crippen LogP contribution is 2.24. The van der Waals surface area contributed by atoms with Crippen molar-refractivity contribution in [2.75, 3.05) is 39.1 Å². The predicted molar refractivity (Wildman–Crippen MR) is 68.5 cm³/mol. The molecule has 3 N–H and O–H groups in total. The Hall–Kier alpha value is -1.29.